The van der Waals surface area contributed by atoms with Gasteiger partial charge in [-0.25, -0.2) is 0 Å². The van der Waals surface area contributed by atoms with E-state index in [1.54, 1.807) is 0 Å². The summed E-state index contributed by atoms with van der Waals surface area (Å²) in [6, 6.07) is 0. The van der Waals surface area contributed by atoms with Crippen LogP contribution in [0.5, 0.6) is 0 Å². The molecule has 0 radical (unpaired) electrons. The third kappa shape index (κ3) is 7.20. The van der Waals surface area contributed by atoms with Crippen molar-refractivity contribution in [2.75, 3.05) is 0 Å². The van der Waals surface area contributed by atoms with Crippen LogP contribution >= 0.6 is 0 Å². The third-order valence-corrected chi connectivity index (χ3v) is 1.19. The summed E-state index contributed by atoms with van der Waals surface area (Å²) in [4.78, 5) is 9.90. The molecule has 0 unspecified atom stereocenters. The average molecular weight is 177 g/mol. The molecule has 0 aromatic rings. The van der Waals surface area contributed by atoms with Crippen molar-refractivity contribution < 1.29 is 20.1 Å². The van der Waals surface area contributed by atoms with Crippen LogP contribution in [0.1, 0.15) is 12.8 Å². The van der Waals surface area contributed by atoms with Crippen molar-refractivity contribution in [3.05, 3.63) is 12.7 Å². The lowest BCUT2D eigenvalue weighted by Crippen LogP contribution is -2.29. The monoisotopic (exact) mass is 177 g/mol. The number of aliphatic hydroxyl groups excluding tert-OH is 2. The first-order chi connectivity index (χ1) is 5.06. The maximum Gasteiger partial charge on any atom is 0.0743 e. The highest BCUT2D eigenvalue weighted by atomic mass is 16.4. The minimum atomic E-state index is -1.33. The number of aliphatic hydroxyl groups is 2. The van der Waals surface area contributed by atoms with E-state index in [2.05, 4.69) is 6.58 Å². The second-order valence-corrected chi connectivity index (χ2v) is 2.27. The number of hydrogen-bond donors (Lipinski definition) is 3. The van der Waals surface area contributed by atoms with Gasteiger partial charge in [0.1, 0.15) is 0 Å². The maximum atomic E-state index is 9.90. The van der Waals surface area contributed by atoms with Crippen LogP contribution in [0.15, 0.2) is 12.7 Å². The summed E-state index contributed by atoms with van der Waals surface area (Å²) in [5.41, 5.74) is 0. The molecule has 0 spiro atoms. The molecule has 0 fully saturated rings. The number of carbonyl (C=O) groups is 1. The Morgan fingerprint density at radius 3 is 2.42 bits per heavy atom. The van der Waals surface area contributed by atoms with Crippen LogP contribution in [-0.2, 0) is 4.79 Å². The van der Waals surface area contributed by atoms with E-state index in [4.69, 9.17) is 10.2 Å². The Hall–Kier alpha value is -0.910. The lowest BCUT2D eigenvalue weighted by Gasteiger charge is -2.12. The van der Waals surface area contributed by atoms with Gasteiger partial charge in [0.2, 0.25) is 0 Å². The molecule has 0 aliphatic heterocycles. The zero-order valence-electron chi connectivity index (χ0n) is 7.06. The smallest absolute Gasteiger partial charge is 0.0743 e. The summed E-state index contributed by atoms with van der Waals surface area (Å²) in [5, 5.41) is 27.6. The predicted molar refractivity (Wildman–Crippen MR) is 42.4 cm³/mol. The normalized spacial score (nSPS) is 14.2. The highest BCUT2D eigenvalue weighted by Crippen LogP contribution is 2.01. The molecule has 72 valence electrons. The molecule has 0 amide bonds. The molecule has 0 saturated heterocycles. The van der Waals surface area contributed by atoms with E-state index in [1.165, 1.54) is 6.08 Å². The van der Waals surface area contributed by atoms with Crippen LogP contribution in [0.25, 0.3) is 0 Å². The van der Waals surface area contributed by atoms with Gasteiger partial charge in [-0.05, 0) is 0 Å². The Morgan fingerprint density at radius 2 is 2.08 bits per heavy atom. The second-order valence-electron chi connectivity index (χ2n) is 2.27. The van der Waals surface area contributed by atoms with Gasteiger partial charge < -0.3 is 26.3 Å². The van der Waals surface area contributed by atoms with Gasteiger partial charge >= 0.3 is 0 Å². The molecule has 0 aliphatic rings. The van der Waals surface area contributed by atoms with Crippen molar-refractivity contribution in [2.24, 2.45) is 0 Å². The molecule has 0 saturated carbocycles. The number of carboxylic acids is 1. The minimum absolute atomic E-state index is 0. The quantitative estimate of drug-likeness (QED) is 0.457. The van der Waals surface area contributed by atoms with Gasteiger partial charge in [0.15, 0.2) is 0 Å². The van der Waals surface area contributed by atoms with Gasteiger partial charge in [0.25, 0.3) is 0 Å². The molecule has 0 aromatic carbocycles. The fraction of sp³-hybridized carbons (Fsp3) is 0.571. The number of aliphatic carboxylic acids is 1. The lowest BCUT2D eigenvalue weighted by molar-refractivity contribution is -0.307. The van der Waals surface area contributed by atoms with Crippen LogP contribution in [0.2, 0.25) is 0 Å². The van der Waals surface area contributed by atoms with Gasteiger partial charge in [-0.1, -0.05) is 6.08 Å². The largest absolute Gasteiger partial charge is 0.550 e. The second kappa shape index (κ2) is 6.78. The molecule has 0 heterocycles. The van der Waals surface area contributed by atoms with Gasteiger partial charge in [0.05, 0.1) is 12.2 Å². The summed E-state index contributed by atoms with van der Waals surface area (Å²) in [5.74, 6) is -1.33. The summed E-state index contributed by atoms with van der Waals surface area (Å²) in [6.07, 6.45) is -1.15. The maximum absolute atomic E-state index is 9.90. The molecule has 12 heavy (non-hydrogen) atoms. The van der Waals surface area contributed by atoms with E-state index in [1.807, 2.05) is 0 Å². The van der Waals surface area contributed by atoms with Gasteiger partial charge in [-0.3, -0.25) is 0 Å². The highest BCUT2D eigenvalue weighted by molar-refractivity contribution is 5.64. The van der Waals surface area contributed by atoms with Crippen molar-refractivity contribution in [1.82, 2.24) is 6.15 Å². The van der Waals surface area contributed by atoms with Crippen LogP contribution < -0.4 is 11.3 Å². The zero-order chi connectivity index (χ0) is 8.85. The molecular weight excluding hydrogens is 162 g/mol. The average Bonchev–Trinajstić information content (AvgIpc) is 1.85. The summed E-state index contributed by atoms with van der Waals surface area (Å²) >= 11 is 0. The number of rotatable bonds is 5. The first-order valence-electron chi connectivity index (χ1n) is 3.24. The van der Waals surface area contributed by atoms with Crippen molar-refractivity contribution >= 4 is 5.97 Å². The molecule has 0 bridgehead atoms. The van der Waals surface area contributed by atoms with E-state index in [9.17, 15) is 9.90 Å². The van der Waals surface area contributed by atoms with Crippen LogP contribution in [0.3, 0.4) is 0 Å². The predicted octanol–water partition coefficient (Wildman–Crippen LogP) is -1.20. The summed E-state index contributed by atoms with van der Waals surface area (Å²) in [6.45, 7) is 3.27. The minimum Gasteiger partial charge on any atom is -0.550 e. The first kappa shape index (κ1) is 13.7. The topological polar surface area (TPSA) is 117 Å². The van der Waals surface area contributed by atoms with E-state index in [0.29, 0.717) is 0 Å². The summed E-state index contributed by atoms with van der Waals surface area (Å²) in [7, 11) is 0. The van der Waals surface area contributed by atoms with Gasteiger partial charge in [-0.2, -0.15) is 0 Å². The SMILES string of the molecule is C=C[C@@H](O)C[C@@H](O)CC(=O)[O-].[NH4+]. The zero-order valence-corrected chi connectivity index (χ0v) is 7.06. The van der Waals surface area contributed by atoms with E-state index in [-0.39, 0.29) is 12.6 Å². The van der Waals surface area contributed by atoms with Crippen LogP contribution in [0, 0.1) is 0 Å². The Kier molecular flexibility index (Phi) is 7.72. The van der Waals surface area contributed by atoms with Crippen LogP contribution in [-0.4, -0.2) is 28.4 Å². The highest BCUT2D eigenvalue weighted by Gasteiger charge is 2.08. The first-order valence-corrected chi connectivity index (χ1v) is 3.24. The molecule has 0 rings (SSSR count). The van der Waals surface area contributed by atoms with Crippen molar-refractivity contribution in [1.29, 1.82) is 0 Å². The summed E-state index contributed by atoms with van der Waals surface area (Å²) < 4.78 is 0. The molecule has 5 nitrogen and oxygen atoms in total. The Morgan fingerprint density at radius 1 is 1.58 bits per heavy atom. The Labute approximate surface area is 70.9 Å². The number of carboxylic acid groups (broad SMARTS) is 1. The van der Waals surface area contributed by atoms with Crippen molar-refractivity contribution in [3.63, 3.8) is 0 Å². The van der Waals surface area contributed by atoms with Crippen molar-refractivity contribution in [2.45, 2.75) is 25.0 Å². The Balaban J connectivity index is 0. The van der Waals surface area contributed by atoms with Gasteiger partial charge in [0, 0.05) is 18.8 Å². The van der Waals surface area contributed by atoms with E-state index >= 15 is 0 Å². The molecular formula is C7H15NO4. The van der Waals surface area contributed by atoms with Crippen LogP contribution in [0.4, 0.5) is 0 Å². The van der Waals surface area contributed by atoms with E-state index < -0.39 is 24.6 Å². The van der Waals surface area contributed by atoms with E-state index in [0.717, 1.165) is 0 Å². The molecule has 2 atom stereocenters. The fourth-order valence-electron chi connectivity index (χ4n) is 0.651. The van der Waals surface area contributed by atoms with Gasteiger partial charge in [-0.15, -0.1) is 6.58 Å². The third-order valence-electron chi connectivity index (χ3n) is 1.19. The molecule has 0 aromatic heterocycles. The lowest BCUT2D eigenvalue weighted by atomic mass is 10.1. The number of carbonyl (C=O) groups excluding carboxylic acids is 1. The standard InChI is InChI=1S/C7H12O4.H3N/c1-2-5(8)3-6(9)4-7(10)11;/h2,5-6,8-9H,1,3-4H2,(H,10,11);1H3/t5-,6-;/m1./s1. The number of quaternary nitrogens is 1. The molecule has 0 aliphatic carbocycles. The molecule has 5 heteroatoms. The fourth-order valence-corrected chi connectivity index (χ4v) is 0.651. The number of hydrogen-bond acceptors (Lipinski definition) is 4. The molecule has 6 N–H and O–H groups in total. The van der Waals surface area contributed by atoms with Crippen molar-refractivity contribution in [3.8, 4) is 0 Å². The Bertz CT molecular complexity index is 148.